The molecule has 0 unspecified atom stereocenters. The van der Waals surface area contributed by atoms with Crippen molar-refractivity contribution >= 4 is 5.97 Å². The molecule has 1 rings (SSSR count). The van der Waals surface area contributed by atoms with E-state index in [1.54, 1.807) is 6.92 Å². The highest BCUT2D eigenvalue weighted by atomic mass is 16.5. The monoisotopic (exact) mass is 236 g/mol. The Bertz CT molecular complexity index is 540. The normalized spacial score (nSPS) is 9.71. The van der Waals surface area contributed by atoms with Gasteiger partial charge in [0.05, 0.1) is 6.54 Å². The van der Waals surface area contributed by atoms with Crippen molar-refractivity contribution < 1.29 is 14.6 Å². The molecule has 1 aromatic heterocycles. The van der Waals surface area contributed by atoms with Crippen LogP contribution < -0.4 is 5.56 Å². The zero-order valence-electron chi connectivity index (χ0n) is 9.56. The van der Waals surface area contributed by atoms with Crippen LogP contribution in [0.25, 0.3) is 0 Å². The molecular formula is C11H12N2O4. The number of esters is 1. The molecule has 0 radical (unpaired) electrons. The lowest BCUT2D eigenvalue weighted by molar-refractivity contribution is -0.141. The van der Waals surface area contributed by atoms with Crippen LogP contribution in [0.1, 0.15) is 18.1 Å². The SMILES string of the molecule is CC(=O)OCCn1c(O)c(C#N)c(C)cc1=O. The Morgan fingerprint density at radius 3 is 2.82 bits per heavy atom. The van der Waals surface area contributed by atoms with E-state index >= 15 is 0 Å². The van der Waals surface area contributed by atoms with Crippen LogP contribution in [0.2, 0.25) is 0 Å². The van der Waals surface area contributed by atoms with Gasteiger partial charge in [0.1, 0.15) is 18.2 Å². The van der Waals surface area contributed by atoms with Gasteiger partial charge in [-0.2, -0.15) is 5.26 Å². The maximum Gasteiger partial charge on any atom is 0.302 e. The molecule has 90 valence electrons. The largest absolute Gasteiger partial charge is 0.493 e. The van der Waals surface area contributed by atoms with Crippen molar-refractivity contribution in [2.45, 2.75) is 20.4 Å². The van der Waals surface area contributed by atoms with Crippen molar-refractivity contribution in [2.24, 2.45) is 0 Å². The number of aromatic hydroxyl groups is 1. The van der Waals surface area contributed by atoms with Gasteiger partial charge in [-0.3, -0.25) is 14.2 Å². The summed E-state index contributed by atoms with van der Waals surface area (Å²) in [6, 6.07) is 3.07. The number of ether oxygens (including phenoxy) is 1. The molecule has 0 saturated heterocycles. The summed E-state index contributed by atoms with van der Waals surface area (Å²) in [5.74, 6) is -0.866. The molecule has 1 aromatic rings. The Morgan fingerprint density at radius 2 is 2.29 bits per heavy atom. The van der Waals surface area contributed by atoms with Crippen molar-refractivity contribution in [1.82, 2.24) is 4.57 Å². The first-order valence-electron chi connectivity index (χ1n) is 4.94. The topological polar surface area (TPSA) is 92.3 Å². The minimum absolute atomic E-state index is 0.0131. The summed E-state index contributed by atoms with van der Waals surface area (Å²) in [7, 11) is 0. The van der Waals surface area contributed by atoms with Crippen molar-refractivity contribution in [3.63, 3.8) is 0 Å². The highest BCUT2D eigenvalue weighted by molar-refractivity contribution is 5.65. The number of carbonyl (C=O) groups excluding carboxylic acids is 1. The standard InChI is InChI=1S/C11H12N2O4/c1-7-5-10(15)13(3-4-17-8(2)14)11(16)9(7)6-12/h5,16H,3-4H2,1-2H3. The summed E-state index contributed by atoms with van der Waals surface area (Å²) in [6.07, 6.45) is 0. The predicted octanol–water partition coefficient (Wildman–Crippen LogP) is 0.297. The number of nitriles is 1. The lowest BCUT2D eigenvalue weighted by Gasteiger charge is -2.10. The maximum absolute atomic E-state index is 11.6. The van der Waals surface area contributed by atoms with Crippen LogP contribution in [0, 0.1) is 18.3 Å². The Labute approximate surface area is 97.7 Å². The number of pyridine rings is 1. The highest BCUT2D eigenvalue weighted by Gasteiger charge is 2.12. The minimum atomic E-state index is -0.467. The van der Waals surface area contributed by atoms with E-state index in [4.69, 9.17) is 5.26 Å². The number of hydrogen-bond acceptors (Lipinski definition) is 5. The average Bonchev–Trinajstić information content (AvgIpc) is 2.22. The van der Waals surface area contributed by atoms with Crippen LogP contribution in [0.4, 0.5) is 0 Å². The van der Waals surface area contributed by atoms with E-state index < -0.39 is 17.4 Å². The van der Waals surface area contributed by atoms with Gasteiger partial charge in [-0.05, 0) is 12.5 Å². The Morgan fingerprint density at radius 1 is 1.65 bits per heavy atom. The van der Waals surface area contributed by atoms with E-state index in [0.717, 1.165) is 4.57 Å². The molecule has 0 aromatic carbocycles. The van der Waals surface area contributed by atoms with E-state index in [9.17, 15) is 14.7 Å². The minimum Gasteiger partial charge on any atom is -0.493 e. The van der Waals surface area contributed by atoms with Gasteiger partial charge in [-0.25, -0.2) is 0 Å². The van der Waals surface area contributed by atoms with Crippen LogP contribution in [0.5, 0.6) is 5.88 Å². The maximum atomic E-state index is 11.6. The van der Waals surface area contributed by atoms with Crippen molar-refractivity contribution in [3.8, 4) is 11.9 Å². The molecule has 6 heteroatoms. The summed E-state index contributed by atoms with van der Waals surface area (Å²) in [5, 5.41) is 18.5. The van der Waals surface area contributed by atoms with Gasteiger partial charge in [-0.15, -0.1) is 0 Å². The van der Waals surface area contributed by atoms with Crippen LogP contribution in [-0.4, -0.2) is 22.2 Å². The summed E-state index contributed by atoms with van der Waals surface area (Å²) in [5.41, 5.74) is 0.0253. The molecule has 1 N–H and O–H groups in total. The molecule has 6 nitrogen and oxygen atoms in total. The molecule has 0 amide bonds. The molecule has 0 atom stereocenters. The van der Waals surface area contributed by atoms with Gasteiger partial charge < -0.3 is 9.84 Å². The Balaban J connectivity index is 3.04. The fraction of sp³-hybridized carbons (Fsp3) is 0.364. The number of rotatable bonds is 3. The zero-order valence-corrected chi connectivity index (χ0v) is 9.56. The first-order chi connectivity index (χ1) is 7.97. The average molecular weight is 236 g/mol. The van der Waals surface area contributed by atoms with Crippen LogP contribution in [-0.2, 0) is 16.1 Å². The molecule has 0 saturated carbocycles. The summed E-state index contributed by atoms with van der Waals surface area (Å²) >= 11 is 0. The second-order valence-corrected chi connectivity index (χ2v) is 3.47. The van der Waals surface area contributed by atoms with Crippen molar-refractivity contribution in [1.29, 1.82) is 5.26 Å². The van der Waals surface area contributed by atoms with Gasteiger partial charge in [-0.1, -0.05) is 0 Å². The molecule has 17 heavy (non-hydrogen) atoms. The number of aromatic nitrogens is 1. The number of hydrogen-bond donors (Lipinski definition) is 1. The Hall–Kier alpha value is -2.29. The first kappa shape index (κ1) is 12.8. The number of carbonyl (C=O) groups is 1. The third kappa shape index (κ3) is 2.84. The van der Waals surface area contributed by atoms with Gasteiger partial charge in [0, 0.05) is 13.0 Å². The second kappa shape index (κ2) is 5.16. The molecule has 1 heterocycles. The quantitative estimate of drug-likeness (QED) is 0.762. The van der Waals surface area contributed by atoms with E-state index in [-0.39, 0.29) is 18.7 Å². The van der Waals surface area contributed by atoms with Gasteiger partial charge in [0.2, 0.25) is 5.88 Å². The summed E-state index contributed by atoms with van der Waals surface area (Å²) in [6.45, 7) is 2.80. The van der Waals surface area contributed by atoms with Crippen LogP contribution in [0.3, 0.4) is 0 Å². The van der Waals surface area contributed by atoms with E-state index in [1.807, 2.05) is 6.07 Å². The third-order valence-electron chi connectivity index (χ3n) is 2.21. The van der Waals surface area contributed by atoms with Crippen LogP contribution >= 0.6 is 0 Å². The molecule has 0 spiro atoms. The van der Waals surface area contributed by atoms with Crippen LogP contribution in [0.15, 0.2) is 10.9 Å². The predicted molar refractivity (Wildman–Crippen MR) is 58.5 cm³/mol. The first-order valence-corrected chi connectivity index (χ1v) is 4.94. The zero-order chi connectivity index (χ0) is 13.0. The fourth-order valence-corrected chi connectivity index (χ4v) is 1.39. The third-order valence-corrected chi connectivity index (χ3v) is 2.21. The molecule has 0 aliphatic rings. The van der Waals surface area contributed by atoms with E-state index in [1.165, 1.54) is 13.0 Å². The van der Waals surface area contributed by atoms with Gasteiger partial charge in [0.15, 0.2) is 0 Å². The molecule has 0 aliphatic carbocycles. The number of nitrogens with zero attached hydrogens (tertiary/aromatic N) is 2. The van der Waals surface area contributed by atoms with E-state index in [2.05, 4.69) is 4.74 Å². The lowest BCUT2D eigenvalue weighted by atomic mass is 10.1. The molecule has 0 bridgehead atoms. The van der Waals surface area contributed by atoms with E-state index in [0.29, 0.717) is 5.56 Å². The number of aryl methyl sites for hydroxylation is 1. The van der Waals surface area contributed by atoms with Gasteiger partial charge >= 0.3 is 5.97 Å². The highest BCUT2D eigenvalue weighted by Crippen LogP contribution is 2.16. The van der Waals surface area contributed by atoms with Crippen molar-refractivity contribution in [3.05, 3.63) is 27.5 Å². The smallest absolute Gasteiger partial charge is 0.302 e. The second-order valence-electron chi connectivity index (χ2n) is 3.47. The van der Waals surface area contributed by atoms with Gasteiger partial charge in [0.25, 0.3) is 5.56 Å². The molecular weight excluding hydrogens is 224 g/mol. The fourth-order valence-electron chi connectivity index (χ4n) is 1.39. The lowest BCUT2D eigenvalue weighted by Crippen LogP contribution is -2.23. The molecule has 0 aliphatic heterocycles. The summed E-state index contributed by atoms with van der Waals surface area (Å²) in [4.78, 5) is 22.1. The Kier molecular flexibility index (Phi) is 3.88. The summed E-state index contributed by atoms with van der Waals surface area (Å²) < 4.78 is 5.66. The molecule has 0 fully saturated rings. The van der Waals surface area contributed by atoms with Crippen molar-refractivity contribution in [2.75, 3.05) is 6.61 Å².